The molecule has 0 radical (unpaired) electrons. The van der Waals surface area contributed by atoms with Gasteiger partial charge >= 0.3 is 0 Å². The van der Waals surface area contributed by atoms with Gasteiger partial charge in [0.15, 0.2) is 0 Å². The summed E-state index contributed by atoms with van der Waals surface area (Å²) in [5.74, 6) is 0.676. The van der Waals surface area contributed by atoms with Crippen molar-refractivity contribution in [3.05, 3.63) is 68.7 Å². The second-order valence-corrected chi connectivity index (χ2v) is 5.37. The standard InChI is InChI=1S/C16H17ClN2O4/c1-23-13-4-2-3-12(8-13)16(20)10-18-9-11-5-6-14(17)15(7-11)19(21)22/h2-8,16,18,20H,9-10H2,1H3. The molecule has 2 aromatic rings. The molecule has 6 nitrogen and oxygen atoms in total. The Kier molecular flexibility index (Phi) is 5.92. The van der Waals surface area contributed by atoms with E-state index in [2.05, 4.69) is 5.32 Å². The van der Waals surface area contributed by atoms with Gasteiger partial charge in [-0.05, 0) is 29.3 Å². The Balaban J connectivity index is 1.94. The van der Waals surface area contributed by atoms with Crippen molar-refractivity contribution >= 4 is 17.3 Å². The molecule has 0 aliphatic carbocycles. The number of benzene rings is 2. The van der Waals surface area contributed by atoms with Crippen LogP contribution in [0.2, 0.25) is 5.02 Å². The van der Waals surface area contributed by atoms with Gasteiger partial charge in [0.05, 0.1) is 18.1 Å². The molecule has 0 fully saturated rings. The van der Waals surface area contributed by atoms with Gasteiger partial charge < -0.3 is 15.2 Å². The minimum absolute atomic E-state index is 0.107. The highest BCUT2D eigenvalue weighted by Gasteiger charge is 2.13. The van der Waals surface area contributed by atoms with Crippen LogP contribution in [0, 0.1) is 10.1 Å². The molecule has 0 bridgehead atoms. The molecule has 0 aliphatic rings. The second-order valence-electron chi connectivity index (χ2n) is 4.97. The maximum atomic E-state index is 10.9. The van der Waals surface area contributed by atoms with Crippen molar-refractivity contribution in [1.29, 1.82) is 0 Å². The van der Waals surface area contributed by atoms with Crippen molar-refractivity contribution in [2.24, 2.45) is 0 Å². The van der Waals surface area contributed by atoms with Gasteiger partial charge in [0.1, 0.15) is 10.8 Å². The van der Waals surface area contributed by atoms with Crippen LogP contribution in [0.5, 0.6) is 5.75 Å². The van der Waals surface area contributed by atoms with Gasteiger partial charge in [0.25, 0.3) is 5.69 Å². The first-order valence-electron chi connectivity index (χ1n) is 6.97. The quantitative estimate of drug-likeness (QED) is 0.599. The van der Waals surface area contributed by atoms with E-state index in [1.807, 2.05) is 6.07 Å². The van der Waals surface area contributed by atoms with Crippen LogP contribution in [0.3, 0.4) is 0 Å². The number of nitrogens with one attached hydrogen (secondary N) is 1. The topological polar surface area (TPSA) is 84.6 Å². The van der Waals surface area contributed by atoms with E-state index in [1.165, 1.54) is 12.1 Å². The largest absolute Gasteiger partial charge is 0.497 e. The molecular weight excluding hydrogens is 320 g/mol. The number of nitrogens with zero attached hydrogens (tertiary/aromatic N) is 1. The zero-order valence-electron chi connectivity index (χ0n) is 12.5. The molecule has 0 amide bonds. The first-order valence-corrected chi connectivity index (χ1v) is 7.34. The molecule has 0 aromatic heterocycles. The zero-order valence-corrected chi connectivity index (χ0v) is 13.3. The summed E-state index contributed by atoms with van der Waals surface area (Å²) in [6.07, 6.45) is -0.701. The third-order valence-corrected chi connectivity index (χ3v) is 3.67. The minimum atomic E-state index is -0.701. The van der Waals surface area contributed by atoms with Crippen LogP contribution in [0.15, 0.2) is 42.5 Å². The van der Waals surface area contributed by atoms with Crippen molar-refractivity contribution in [2.75, 3.05) is 13.7 Å². The number of aliphatic hydroxyl groups excluding tert-OH is 1. The summed E-state index contributed by atoms with van der Waals surface area (Å²) in [4.78, 5) is 10.3. The summed E-state index contributed by atoms with van der Waals surface area (Å²) in [5, 5.41) is 24.2. The maximum absolute atomic E-state index is 10.9. The fourth-order valence-corrected chi connectivity index (χ4v) is 2.31. The van der Waals surface area contributed by atoms with Gasteiger partial charge in [0, 0.05) is 19.2 Å². The van der Waals surface area contributed by atoms with Gasteiger partial charge in [-0.15, -0.1) is 0 Å². The van der Waals surface area contributed by atoms with Crippen LogP contribution < -0.4 is 10.1 Å². The first kappa shape index (κ1) is 17.2. The molecule has 7 heteroatoms. The Bertz CT molecular complexity index is 694. The van der Waals surface area contributed by atoms with Gasteiger partial charge in [-0.25, -0.2) is 0 Å². The third-order valence-electron chi connectivity index (χ3n) is 3.35. The van der Waals surface area contributed by atoms with Crippen LogP contribution in [0.25, 0.3) is 0 Å². The molecule has 2 N–H and O–H groups in total. The molecule has 0 saturated heterocycles. The Morgan fingerprint density at radius 3 is 2.83 bits per heavy atom. The lowest BCUT2D eigenvalue weighted by atomic mass is 10.1. The molecule has 2 aromatic carbocycles. The Morgan fingerprint density at radius 1 is 1.35 bits per heavy atom. The molecule has 0 saturated carbocycles. The molecule has 0 spiro atoms. The number of hydrogen-bond donors (Lipinski definition) is 2. The van der Waals surface area contributed by atoms with E-state index in [-0.39, 0.29) is 10.7 Å². The summed E-state index contributed by atoms with van der Waals surface area (Å²) in [6.45, 7) is 0.697. The van der Waals surface area contributed by atoms with E-state index < -0.39 is 11.0 Å². The monoisotopic (exact) mass is 336 g/mol. The zero-order chi connectivity index (χ0) is 16.8. The smallest absolute Gasteiger partial charge is 0.288 e. The number of hydrogen-bond acceptors (Lipinski definition) is 5. The normalized spacial score (nSPS) is 12.0. The van der Waals surface area contributed by atoms with E-state index in [9.17, 15) is 15.2 Å². The average Bonchev–Trinajstić information content (AvgIpc) is 2.56. The number of ether oxygens (including phenoxy) is 1. The summed E-state index contributed by atoms with van der Waals surface area (Å²) in [6, 6.07) is 11.8. The van der Waals surface area contributed by atoms with Crippen molar-refractivity contribution in [3.63, 3.8) is 0 Å². The fraction of sp³-hybridized carbons (Fsp3) is 0.250. The lowest BCUT2D eigenvalue weighted by Gasteiger charge is -2.13. The van der Waals surface area contributed by atoms with Gasteiger partial charge in [-0.3, -0.25) is 10.1 Å². The van der Waals surface area contributed by atoms with Crippen LogP contribution in [-0.2, 0) is 6.54 Å². The Hall–Kier alpha value is -2.15. The summed E-state index contributed by atoms with van der Waals surface area (Å²) in [7, 11) is 1.57. The van der Waals surface area contributed by atoms with Crippen LogP contribution in [0.1, 0.15) is 17.2 Å². The number of nitro benzene ring substituents is 1. The lowest BCUT2D eigenvalue weighted by molar-refractivity contribution is -0.384. The number of aliphatic hydroxyl groups is 1. The minimum Gasteiger partial charge on any atom is -0.497 e. The van der Waals surface area contributed by atoms with Gasteiger partial charge in [-0.1, -0.05) is 29.8 Å². The highest BCUT2D eigenvalue weighted by molar-refractivity contribution is 6.32. The molecule has 23 heavy (non-hydrogen) atoms. The van der Waals surface area contributed by atoms with E-state index in [0.717, 1.165) is 11.1 Å². The van der Waals surface area contributed by atoms with Crippen molar-refractivity contribution in [2.45, 2.75) is 12.6 Å². The Labute approximate surface area is 138 Å². The van der Waals surface area contributed by atoms with Crippen molar-refractivity contribution in [3.8, 4) is 5.75 Å². The number of methoxy groups -OCH3 is 1. The van der Waals surface area contributed by atoms with Crippen LogP contribution in [0.4, 0.5) is 5.69 Å². The molecule has 122 valence electrons. The third kappa shape index (κ3) is 4.66. The molecule has 2 rings (SSSR count). The van der Waals surface area contributed by atoms with Gasteiger partial charge in [0.2, 0.25) is 0 Å². The fourth-order valence-electron chi connectivity index (χ4n) is 2.13. The summed E-state index contributed by atoms with van der Waals surface area (Å²) >= 11 is 5.77. The maximum Gasteiger partial charge on any atom is 0.288 e. The average molecular weight is 337 g/mol. The number of halogens is 1. The molecular formula is C16H17ClN2O4. The molecule has 1 atom stereocenters. The highest BCUT2D eigenvalue weighted by atomic mass is 35.5. The lowest BCUT2D eigenvalue weighted by Crippen LogP contribution is -2.21. The molecule has 1 unspecified atom stereocenters. The Morgan fingerprint density at radius 2 is 2.13 bits per heavy atom. The van der Waals surface area contributed by atoms with E-state index in [1.54, 1.807) is 31.4 Å². The SMILES string of the molecule is COc1cccc(C(O)CNCc2ccc(Cl)c([N+](=O)[O-])c2)c1. The molecule has 0 heterocycles. The van der Waals surface area contributed by atoms with E-state index in [0.29, 0.717) is 18.8 Å². The second kappa shape index (κ2) is 7.92. The van der Waals surface area contributed by atoms with Crippen molar-refractivity contribution < 1.29 is 14.8 Å². The highest BCUT2D eigenvalue weighted by Crippen LogP contribution is 2.25. The summed E-state index contributed by atoms with van der Waals surface area (Å²) in [5.41, 5.74) is 1.33. The number of rotatable bonds is 7. The van der Waals surface area contributed by atoms with E-state index in [4.69, 9.17) is 16.3 Å². The van der Waals surface area contributed by atoms with Crippen molar-refractivity contribution in [1.82, 2.24) is 5.32 Å². The molecule has 0 aliphatic heterocycles. The predicted molar refractivity (Wildman–Crippen MR) is 87.8 cm³/mol. The van der Waals surface area contributed by atoms with Crippen LogP contribution in [-0.4, -0.2) is 23.7 Å². The number of nitro groups is 1. The first-order chi connectivity index (χ1) is 11.0. The van der Waals surface area contributed by atoms with Crippen LogP contribution >= 0.6 is 11.6 Å². The van der Waals surface area contributed by atoms with Gasteiger partial charge in [-0.2, -0.15) is 0 Å². The predicted octanol–water partition coefficient (Wildman–Crippen LogP) is 3.08. The van der Waals surface area contributed by atoms with E-state index >= 15 is 0 Å². The summed E-state index contributed by atoms with van der Waals surface area (Å²) < 4.78 is 5.12.